The lowest BCUT2D eigenvalue weighted by Gasteiger charge is -2.08. The molecule has 1 rings (SSSR count). The van der Waals surface area contributed by atoms with Crippen molar-refractivity contribution in [1.29, 1.82) is 0 Å². The van der Waals surface area contributed by atoms with Gasteiger partial charge in [0.15, 0.2) is 0 Å². The standard InChI is InChI=1S/C13H16N2O3/c1-9-4-5-10(13(17)14-2)8-11(9)15-12(16)6-7-18-3/h4-8H,1-3H3,(H,14,17)(H,15,16)/b7-6+. The first-order valence-electron chi connectivity index (χ1n) is 5.41. The van der Waals surface area contributed by atoms with Crippen molar-refractivity contribution in [2.75, 3.05) is 19.5 Å². The fraction of sp³-hybridized carbons (Fsp3) is 0.231. The van der Waals surface area contributed by atoms with E-state index in [0.717, 1.165) is 5.56 Å². The van der Waals surface area contributed by atoms with Gasteiger partial charge in [-0.25, -0.2) is 0 Å². The fourth-order valence-electron chi connectivity index (χ4n) is 1.35. The molecule has 5 nitrogen and oxygen atoms in total. The van der Waals surface area contributed by atoms with Gasteiger partial charge in [-0.1, -0.05) is 6.07 Å². The molecule has 0 radical (unpaired) electrons. The van der Waals surface area contributed by atoms with Crippen LogP contribution in [-0.4, -0.2) is 26.0 Å². The molecule has 2 N–H and O–H groups in total. The molecule has 0 fully saturated rings. The van der Waals surface area contributed by atoms with Crippen molar-refractivity contribution in [3.05, 3.63) is 41.7 Å². The molecule has 96 valence electrons. The molecule has 5 heteroatoms. The maximum atomic E-state index is 11.5. The van der Waals surface area contributed by atoms with E-state index in [0.29, 0.717) is 11.3 Å². The minimum absolute atomic E-state index is 0.196. The van der Waals surface area contributed by atoms with Gasteiger partial charge in [-0.05, 0) is 24.6 Å². The topological polar surface area (TPSA) is 67.4 Å². The summed E-state index contributed by atoms with van der Waals surface area (Å²) in [6.07, 6.45) is 2.55. The van der Waals surface area contributed by atoms with Gasteiger partial charge in [0, 0.05) is 24.4 Å². The molecule has 1 aromatic carbocycles. The second kappa shape index (κ2) is 6.44. The second-order valence-corrected chi connectivity index (χ2v) is 3.64. The van der Waals surface area contributed by atoms with Crippen molar-refractivity contribution in [3.8, 4) is 0 Å². The van der Waals surface area contributed by atoms with E-state index in [1.165, 1.54) is 19.4 Å². The van der Waals surface area contributed by atoms with Crippen LogP contribution in [0.1, 0.15) is 15.9 Å². The van der Waals surface area contributed by atoms with Gasteiger partial charge in [0.1, 0.15) is 0 Å². The average molecular weight is 248 g/mol. The Bertz CT molecular complexity index is 481. The van der Waals surface area contributed by atoms with Gasteiger partial charge in [-0.2, -0.15) is 0 Å². The minimum Gasteiger partial charge on any atom is -0.504 e. The number of methoxy groups -OCH3 is 1. The van der Waals surface area contributed by atoms with Gasteiger partial charge in [0.25, 0.3) is 11.8 Å². The fourth-order valence-corrected chi connectivity index (χ4v) is 1.35. The smallest absolute Gasteiger partial charge is 0.251 e. The molecule has 0 atom stereocenters. The Balaban J connectivity index is 2.91. The average Bonchev–Trinajstić information content (AvgIpc) is 2.38. The summed E-state index contributed by atoms with van der Waals surface area (Å²) in [4.78, 5) is 23.0. The first kappa shape index (κ1) is 13.8. The van der Waals surface area contributed by atoms with E-state index in [1.54, 1.807) is 25.2 Å². The Labute approximate surface area is 106 Å². The highest BCUT2D eigenvalue weighted by Crippen LogP contribution is 2.16. The minimum atomic E-state index is -0.311. The molecule has 0 heterocycles. The zero-order valence-electron chi connectivity index (χ0n) is 10.6. The molecule has 0 aliphatic rings. The van der Waals surface area contributed by atoms with Crippen molar-refractivity contribution < 1.29 is 14.3 Å². The highest BCUT2D eigenvalue weighted by atomic mass is 16.5. The van der Waals surface area contributed by atoms with Crippen molar-refractivity contribution >= 4 is 17.5 Å². The number of anilines is 1. The number of carbonyl (C=O) groups excluding carboxylic acids is 2. The van der Waals surface area contributed by atoms with Crippen LogP contribution in [0.3, 0.4) is 0 Å². The van der Waals surface area contributed by atoms with E-state index in [4.69, 9.17) is 0 Å². The molecule has 0 unspecified atom stereocenters. The summed E-state index contributed by atoms with van der Waals surface area (Å²) in [5.74, 6) is -0.507. The summed E-state index contributed by atoms with van der Waals surface area (Å²) in [7, 11) is 3.02. The van der Waals surface area contributed by atoms with Crippen LogP contribution in [0.4, 0.5) is 5.69 Å². The Hall–Kier alpha value is -2.30. The summed E-state index contributed by atoms with van der Waals surface area (Å²) in [6.45, 7) is 1.85. The number of hydrogen-bond acceptors (Lipinski definition) is 3. The third-order valence-electron chi connectivity index (χ3n) is 2.34. The number of nitrogens with one attached hydrogen (secondary N) is 2. The predicted molar refractivity (Wildman–Crippen MR) is 69.3 cm³/mol. The Morgan fingerprint density at radius 1 is 1.33 bits per heavy atom. The number of aryl methyl sites for hydroxylation is 1. The number of benzene rings is 1. The molecule has 0 saturated carbocycles. The van der Waals surface area contributed by atoms with E-state index in [2.05, 4.69) is 15.4 Å². The zero-order valence-corrected chi connectivity index (χ0v) is 10.6. The zero-order chi connectivity index (χ0) is 13.5. The number of rotatable bonds is 4. The number of ether oxygens (including phenoxy) is 1. The largest absolute Gasteiger partial charge is 0.504 e. The lowest BCUT2D eigenvalue weighted by atomic mass is 10.1. The lowest BCUT2D eigenvalue weighted by Crippen LogP contribution is -2.18. The molecule has 18 heavy (non-hydrogen) atoms. The van der Waals surface area contributed by atoms with E-state index in [-0.39, 0.29) is 11.8 Å². The lowest BCUT2D eigenvalue weighted by molar-refractivity contribution is -0.112. The van der Waals surface area contributed by atoms with Gasteiger partial charge in [0.2, 0.25) is 0 Å². The molecule has 0 saturated heterocycles. The van der Waals surface area contributed by atoms with Crippen molar-refractivity contribution in [2.45, 2.75) is 6.92 Å². The Kier molecular flexibility index (Phi) is 4.92. The van der Waals surface area contributed by atoms with Gasteiger partial charge >= 0.3 is 0 Å². The highest BCUT2D eigenvalue weighted by molar-refractivity contribution is 6.01. The van der Waals surface area contributed by atoms with Crippen LogP contribution in [0.5, 0.6) is 0 Å². The number of hydrogen-bond donors (Lipinski definition) is 2. The van der Waals surface area contributed by atoms with Crippen molar-refractivity contribution in [2.24, 2.45) is 0 Å². The summed E-state index contributed by atoms with van der Waals surface area (Å²) in [5.41, 5.74) is 1.97. The Morgan fingerprint density at radius 2 is 2.06 bits per heavy atom. The molecule has 0 aliphatic heterocycles. The normalized spacial score (nSPS) is 10.2. The van der Waals surface area contributed by atoms with Gasteiger partial charge in [0.05, 0.1) is 13.4 Å². The van der Waals surface area contributed by atoms with Crippen LogP contribution < -0.4 is 10.6 Å². The number of carbonyl (C=O) groups is 2. The van der Waals surface area contributed by atoms with Crippen LogP contribution in [0.25, 0.3) is 0 Å². The monoisotopic (exact) mass is 248 g/mol. The van der Waals surface area contributed by atoms with E-state index in [1.807, 2.05) is 6.92 Å². The summed E-state index contributed by atoms with van der Waals surface area (Å²) < 4.78 is 4.65. The van der Waals surface area contributed by atoms with Gasteiger partial charge in [-0.3, -0.25) is 9.59 Å². The predicted octanol–water partition coefficient (Wildman–Crippen LogP) is 1.45. The molecule has 2 amide bonds. The van der Waals surface area contributed by atoms with E-state index in [9.17, 15) is 9.59 Å². The van der Waals surface area contributed by atoms with Crippen LogP contribution >= 0.6 is 0 Å². The van der Waals surface area contributed by atoms with Crippen LogP contribution in [0.2, 0.25) is 0 Å². The molecular weight excluding hydrogens is 232 g/mol. The first-order valence-corrected chi connectivity index (χ1v) is 5.41. The third kappa shape index (κ3) is 3.62. The van der Waals surface area contributed by atoms with Crippen molar-refractivity contribution in [1.82, 2.24) is 5.32 Å². The SMILES string of the molecule is CNC(=O)c1ccc(C)c(NC(=O)/C=C/OC)c1. The van der Waals surface area contributed by atoms with Crippen LogP contribution in [-0.2, 0) is 9.53 Å². The highest BCUT2D eigenvalue weighted by Gasteiger charge is 2.07. The van der Waals surface area contributed by atoms with E-state index < -0.39 is 0 Å². The molecule has 0 aliphatic carbocycles. The van der Waals surface area contributed by atoms with Crippen LogP contribution in [0, 0.1) is 6.92 Å². The summed E-state index contributed by atoms with van der Waals surface area (Å²) in [6, 6.07) is 5.11. The molecule has 0 spiro atoms. The van der Waals surface area contributed by atoms with E-state index >= 15 is 0 Å². The van der Waals surface area contributed by atoms with Crippen molar-refractivity contribution in [3.63, 3.8) is 0 Å². The second-order valence-electron chi connectivity index (χ2n) is 3.64. The first-order chi connectivity index (χ1) is 8.58. The molecule has 0 bridgehead atoms. The summed E-state index contributed by atoms with van der Waals surface area (Å²) in [5, 5.41) is 5.21. The number of amides is 2. The molecular formula is C13H16N2O3. The molecule has 1 aromatic rings. The van der Waals surface area contributed by atoms with Gasteiger partial charge < -0.3 is 15.4 Å². The van der Waals surface area contributed by atoms with Crippen LogP contribution in [0.15, 0.2) is 30.5 Å². The van der Waals surface area contributed by atoms with Gasteiger partial charge in [-0.15, -0.1) is 0 Å². The third-order valence-corrected chi connectivity index (χ3v) is 2.34. The summed E-state index contributed by atoms with van der Waals surface area (Å²) >= 11 is 0. The Morgan fingerprint density at radius 3 is 2.67 bits per heavy atom. The quantitative estimate of drug-likeness (QED) is 0.626. The maximum absolute atomic E-state index is 11.5. The molecule has 0 aromatic heterocycles. The maximum Gasteiger partial charge on any atom is 0.251 e.